The van der Waals surface area contributed by atoms with Gasteiger partial charge in [0.1, 0.15) is 5.75 Å². The summed E-state index contributed by atoms with van der Waals surface area (Å²) < 4.78 is 5.18. The van der Waals surface area contributed by atoms with Gasteiger partial charge in [-0.3, -0.25) is 9.59 Å². The molecule has 1 N–H and O–H groups in total. The maximum atomic E-state index is 13.3. The minimum atomic E-state index is -0.315. The summed E-state index contributed by atoms with van der Waals surface area (Å²) in [6, 6.07) is 27.8. The summed E-state index contributed by atoms with van der Waals surface area (Å²) in [7, 11) is 1.63. The number of ether oxygens (including phenoxy) is 1. The van der Waals surface area contributed by atoms with Crippen molar-refractivity contribution in [1.29, 1.82) is 0 Å². The number of carbonyl (C=O) groups excluding carboxylic acids is 2. The van der Waals surface area contributed by atoms with E-state index in [2.05, 4.69) is 17.4 Å². The van der Waals surface area contributed by atoms with Crippen molar-refractivity contribution in [2.45, 2.75) is 25.9 Å². The zero-order chi connectivity index (χ0) is 23.0. The van der Waals surface area contributed by atoms with Crippen LogP contribution in [0, 0.1) is 11.8 Å². The van der Waals surface area contributed by atoms with Crippen LogP contribution in [0.15, 0.2) is 84.9 Å². The summed E-state index contributed by atoms with van der Waals surface area (Å²) in [4.78, 5) is 28.0. The van der Waals surface area contributed by atoms with Crippen molar-refractivity contribution < 1.29 is 14.3 Å². The number of nitrogens with one attached hydrogen (secondary N) is 1. The third kappa shape index (κ3) is 6.01. The summed E-state index contributed by atoms with van der Waals surface area (Å²) in [5.41, 5.74) is 3.29. The molecule has 0 bridgehead atoms. The third-order valence-electron chi connectivity index (χ3n) is 6.26. The van der Waals surface area contributed by atoms with Crippen molar-refractivity contribution >= 4 is 11.8 Å². The van der Waals surface area contributed by atoms with Crippen LogP contribution < -0.4 is 10.1 Å². The molecule has 1 heterocycles. The van der Waals surface area contributed by atoms with Gasteiger partial charge in [-0.15, -0.1) is 0 Å². The second kappa shape index (κ2) is 10.8. The number of hydrogen-bond acceptors (Lipinski definition) is 3. The molecule has 0 aliphatic carbocycles. The molecule has 33 heavy (non-hydrogen) atoms. The van der Waals surface area contributed by atoms with Gasteiger partial charge in [-0.05, 0) is 41.2 Å². The maximum absolute atomic E-state index is 13.3. The first-order valence-electron chi connectivity index (χ1n) is 11.4. The van der Waals surface area contributed by atoms with Crippen LogP contribution >= 0.6 is 0 Å². The lowest BCUT2D eigenvalue weighted by atomic mass is 9.87. The van der Waals surface area contributed by atoms with Crippen LogP contribution in [-0.4, -0.2) is 30.4 Å². The van der Waals surface area contributed by atoms with Gasteiger partial charge < -0.3 is 15.0 Å². The Balaban J connectivity index is 1.42. The topological polar surface area (TPSA) is 58.6 Å². The molecule has 0 saturated carbocycles. The van der Waals surface area contributed by atoms with E-state index in [-0.39, 0.29) is 30.1 Å². The number of amides is 2. The molecule has 4 rings (SSSR count). The van der Waals surface area contributed by atoms with E-state index in [0.29, 0.717) is 19.6 Å². The van der Waals surface area contributed by atoms with Gasteiger partial charge >= 0.3 is 0 Å². The summed E-state index contributed by atoms with van der Waals surface area (Å²) >= 11 is 0. The van der Waals surface area contributed by atoms with Gasteiger partial charge in [-0.25, -0.2) is 0 Å². The Kier molecular flexibility index (Phi) is 7.40. The van der Waals surface area contributed by atoms with E-state index in [1.807, 2.05) is 77.7 Å². The molecular formula is C28H30N2O3. The van der Waals surface area contributed by atoms with Crippen LogP contribution in [0.1, 0.15) is 23.1 Å². The highest BCUT2D eigenvalue weighted by Gasteiger charge is 2.41. The molecular weight excluding hydrogens is 412 g/mol. The standard InChI is InChI=1S/C28H30N2O3/c1-33-25-14-12-22(13-15-25)18-29-27(31)17-26-24(16-21-8-4-2-5-9-21)20-30(28(26)32)19-23-10-6-3-7-11-23/h2-15,24,26H,16-20H2,1H3,(H,29,31)/t24-,26+/m0/s1. The predicted octanol–water partition coefficient (Wildman–Crippen LogP) is 4.22. The smallest absolute Gasteiger partial charge is 0.226 e. The molecule has 0 aromatic heterocycles. The van der Waals surface area contributed by atoms with E-state index in [4.69, 9.17) is 4.74 Å². The fourth-order valence-corrected chi connectivity index (χ4v) is 4.48. The highest BCUT2D eigenvalue weighted by molar-refractivity contribution is 5.87. The number of likely N-dealkylation sites (tertiary alicyclic amines) is 1. The zero-order valence-corrected chi connectivity index (χ0v) is 18.9. The summed E-state index contributed by atoms with van der Waals surface area (Å²) in [5.74, 6) is 0.548. The normalized spacial score (nSPS) is 17.7. The number of rotatable bonds is 9. The average molecular weight is 443 g/mol. The van der Waals surface area contributed by atoms with Crippen LogP contribution in [0.3, 0.4) is 0 Å². The van der Waals surface area contributed by atoms with E-state index < -0.39 is 0 Å². The Labute approximate surface area is 195 Å². The Hall–Kier alpha value is -3.60. The van der Waals surface area contributed by atoms with Crippen LogP contribution in [0.25, 0.3) is 0 Å². The van der Waals surface area contributed by atoms with Gasteiger partial charge in [-0.1, -0.05) is 72.8 Å². The fraction of sp³-hybridized carbons (Fsp3) is 0.286. The van der Waals surface area contributed by atoms with E-state index in [1.54, 1.807) is 7.11 Å². The Morgan fingerprint density at radius 3 is 2.18 bits per heavy atom. The monoisotopic (exact) mass is 442 g/mol. The van der Waals surface area contributed by atoms with Crippen molar-refractivity contribution in [2.75, 3.05) is 13.7 Å². The largest absolute Gasteiger partial charge is 0.497 e. The second-order valence-electron chi connectivity index (χ2n) is 8.59. The van der Waals surface area contributed by atoms with Crippen LogP contribution in [0.4, 0.5) is 0 Å². The molecule has 0 spiro atoms. The van der Waals surface area contributed by atoms with Gasteiger partial charge in [0.15, 0.2) is 0 Å². The molecule has 1 fully saturated rings. The lowest BCUT2D eigenvalue weighted by Crippen LogP contribution is -2.31. The second-order valence-corrected chi connectivity index (χ2v) is 8.59. The molecule has 170 valence electrons. The number of nitrogens with zero attached hydrogens (tertiary/aromatic N) is 1. The first-order valence-corrected chi connectivity index (χ1v) is 11.4. The summed E-state index contributed by atoms with van der Waals surface area (Å²) in [6.07, 6.45) is 0.992. The third-order valence-corrected chi connectivity index (χ3v) is 6.26. The molecule has 1 aliphatic rings. The van der Waals surface area contributed by atoms with Gasteiger partial charge in [-0.2, -0.15) is 0 Å². The average Bonchev–Trinajstić information content (AvgIpc) is 3.13. The number of carbonyl (C=O) groups is 2. The molecule has 5 heteroatoms. The number of hydrogen-bond donors (Lipinski definition) is 1. The summed E-state index contributed by atoms with van der Waals surface area (Å²) in [6.45, 7) is 1.68. The molecule has 0 unspecified atom stereocenters. The zero-order valence-electron chi connectivity index (χ0n) is 18.9. The highest BCUT2D eigenvalue weighted by Crippen LogP contribution is 2.32. The number of benzene rings is 3. The van der Waals surface area contributed by atoms with Gasteiger partial charge in [0.05, 0.1) is 13.0 Å². The van der Waals surface area contributed by atoms with E-state index in [0.717, 1.165) is 23.3 Å². The molecule has 5 nitrogen and oxygen atoms in total. The number of methoxy groups -OCH3 is 1. The Morgan fingerprint density at radius 1 is 0.909 bits per heavy atom. The van der Waals surface area contributed by atoms with E-state index >= 15 is 0 Å². The van der Waals surface area contributed by atoms with Crippen molar-refractivity contribution in [3.63, 3.8) is 0 Å². The van der Waals surface area contributed by atoms with Crippen molar-refractivity contribution in [2.24, 2.45) is 11.8 Å². The van der Waals surface area contributed by atoms with Crippen molar-refractivity contribution in [1.82, 2.24) is 10.2 Å². The van der Waals surface area contributed by atoms with Crippen molar-refractivity contribution in [3.8, 4) is 5.75 Å². The van der Waals surface area contributed by atoms with E-state index in [9.17, 15) is 9.59 Å². The molecule has 3 aromatic carbocycles. The lowest BCUT2D eigenvalue weighted by Gasteiger charge is -2.16. The molecule has 3 aromatic rings. The van der Waals surface area contributed by atoms with Crippen LogP contribution in [0.2, 0.25) is 0 Å². The Morgan fingerprint density at radius 2 is 1.55 bits per heavy atom. The SMILES string of the molecule is COc1ccc(CNC(=O)C[C@H]2C(=O)N(Cc3ccccc3)C[C@@H]2Cc2ccccc2)cc1. The molecule has 2 amide bonds. The first-order chi connectivity index (χ1) is 16.1. The van der Waals surface area contributed by atoms with Gasteiger partial charge in [0.2, 0.25) is 11.8 Å². The molecule has 1 aliphatic heterocycles. The van der Waals surface area contributed by atoms with Gasteiger partial charge in [0.25, 0.3) is 0 Å². The first kappa shape index (κ1) is 22.6. The quantitative estimate of drug-likeness (QED) is 0.540. The minimum absolute atomic E-state index is 0.0689. The van der Waals surface area contributed by atoms with E-state index in [1.165, 1.54) is 5.56 Å². The lowest BCUT2D eigenvalue weighted by molar-refractivity contribution is -0.134. The molecule has 1 saturated heterocycles. The highest BCUT2D eigenvalue weighted by atomic mass is 16.5. The predicted molar refractivity (Wildman–Crippen MR) is 128 cm³/mol. The van der Waals surface area contributed by atoms with Crippen LogP contribution in [-0.2, 0) is 29.1 Å². The molecule has 2 atom stereocenters. The Bertz CT molecular complexity index is 1050. The maximum Gasteiger partial charge on any atom is 0.226 e. The fourth-order valence-electron chi connectivity index (χ4n) is 4.48. The summed E-state index contributed by atoms with van der Waals surface area (Å²) in [5, 5.41) is 2.98. The van der Waals surface area contributed by atoms with Crippen molar-refractivity contribution in [3.05, 3.63) is 102 Å². The minimum Gasteiger partial charge on any atom is -0.497 e. The molecule has 0 radical (unpaired) electrons. The van der Waals surface area contributed by atoms with Gasteiger partial charge in [0, 0.05) is 26.1 Å². The van der Waals surface area contributed by atoms with Crippen LogP contribution in [0.5, 0.6) is 5.75 Å².